The van der Waals surface area contributed by atoms with Crippen molar-refractivity contribution in [2.75, 3.05) is 5.32 Å². The second-order valence-corrected chi connectivity index (χ2v) is 7.45. The summed E-state index contributed by atoms with van der Waals surface area (Å²) < 4.78 is 0. The van der Waals surface area contributed by atoms with Gasteiger partial charge in [-0.15, -0.1) is 0 Å². The number of ketones is 1. The molecule has 2 aromatic rings. The van der Waals surface area contributed by atoms with Crippen LogP contribution in [0.3, 0.4) is 0 Å². The normalized spacial score (nSPS) is 19.2. The minimum Gasteiger partial charge on any atom is -0.362 e. The summed E-state index contributed by atoms with van der Waals surface area (Å²) in [7, 11) is 0. The first-order valence-electron chi connectivity index (χ1n) is 9.72. The lowest BCUT2D eigenvalue weighted by Gasteiger charge is -2.34. The number of benzene rings is 2. The van der Waals surface area contributed by atoms with Crippen LogP contribution in [-0.2, 0) is 9.59 Å². The van der Waals surface area contributed by atoms with Gasteiger partial charge in [0.1, 0.15) is 0 Å². The molecule has 2 N–H and O–H groups in total. The van der Waals surface area contributed by atoms with Gasteiger partial charge < -0.3 is 10.6 Å². The smallest absolute Gasteiger partial charge is 0.254 e. The average Bonchev–Trinajstić information content (AvgIpc) is 2.69. The summed E-state index contributed by atoms with van der Waals surface area (Å²) >= 11 is 0. The molecule has 142 valence electrons. The van der Waals surface area contributed by atoms with E-state index in [1.54, 1.807) is 0 Å². The van der Waals surface area contributed by atoms with Crippen molar-refractivity contribution in [3.05, 3.63) is 88.3 Å². The predicted octanol–water partition coefficient (Wildman–Crippen LogP) is 4.60. The molecule has 2 aromatic carbocycles. The van der Waals surface area contributed by atoms with Crippen molar-refractivity contribution in [2.45, 2.75) is 39.0 Å². The predicted molar refractivity (Wildman–Crippen MR) is 111 cm³/mol. The number of hydrogen-bond donors (Lipinski definition) is 2. The Hall–Kier alpha value is -3.14. The Morgan fingerprint density at radius 3 is 2.46 bits per heavy atom. The van der Waals surface area contributed by atoms with Gasteiger partial charge in [-0.2, -0.15) is 0 Å². The number of rotatable bonds is 3. The summed E-state index contributed by atoms with van der Waals surface area (Å²) in [5.74, 6) is -0.372. The summed E-state index contributed by atoms with van der Waals surface area (Å²) in [6, 6.07) is 17.6. The highest BCUT2D eigenvalue weighted by Gasteiger charge is 2.38. The minimum atomic E-state index is -0.339. The molecule has 1 atom stereocenters. The van der Waals surface area contributed by atoms with Crippen LogP contribution < -0.4 is 10.6 Å². The second kappa shape index (κ2) is 7.47. The topological polar surface area (TPSA) is 58.2 Å². The van der Waals surface area contributed by atoms with E-state index in [0.29, 0.717) is 12.0 Å². The third kappa shape index (κ3) is 3.26. The standard InChI is InChI=1S/C24H24N2O2/c1-15-9-6-7-12-18(15)26-24(28)21-16(2)25-19-13-8-14-20(27)23(19)22(21)17-10-4-3-5-11-17/h3-7,9-12,22,25H,8,13-14H2,1-2H3,(H,26,28). The third-order valence-electron chi connectivity index (χ3n) is 5.55. The van der Waals surface area contributed by atoms with E-state index < -0.39 is 0 Å². The first kappa shape index (κ1) is 18.2. The fourth-order valence-corrected chi connectivity index (χ4v) is 4.17. The van der Waals surface area contributed by atoms with Crippen LogP contribution in [-0.4, -0.2) is 11.7 Å². The van der Waals surface area contributed by atoms with Crippen LogP contribution in [0.25, 0.3) is 0 Å². The number of hydrogen-bond acceptors (Lipinski definition) is 3. The Bertz CT molecular complexity index is 1000. The van der Waals surface area contributed by atoms with Gasteiger partial charge in [-0.05, 0) is 43.9 Å². The van der Waals surface area contributed by atoms with Gasteiger partial charge in [0.2, 0.25) is 0 Å². The molecule has 1 unspecified atom stereocenters. The van der Waals surface area contributed by atoms with E-state index in [2.05, 4.69) is 10.6 Å². The van der Waals surface area contributed by atoms with Crippen LogP contribution >= 0.6 is 0 Å². The summed E-state index contributed by atoms with van der Waals surface area (Å²) in [6.07, 6.45) is 2.23. The molecule has 1 aliphatic heterocycles. The van der Waals surface area contributed by atoms with E-state index in [1.807, 2.05) is 68.4 Å². The maximum absolute atomic E-state index is 13.4. The molecule has 0 radical (unpaired) electrons. The fraction of sp³-hybridized carbons (Fsp3) is 0.250. The first-order valence-corrected chi connectivity index (χ1v) is 9.72. The van der Waals surface area contributed by atoms with E-state index >= 15 is 0 Å². The molecule has 28 heavy (non-hydrogen) atoms. The van der Waals surface area contributed by atoms with Gasteiger partial charge in [0, 0.05) is 40.6 Å². The molecule has 0 bridgehead atoms. The van der Waals surface area contributed by atoms with Crippen LogP contribution in [0.15, 0.2) is 77.1 Å². The minimum absolute atomic E-state index is 0.135. The molecule has 0 fully saturated rings. The Morgan fingerprint density at radius 2 is 1.71 bits per heavy atom. The Morgan fingerprint density at radius 1 is 1.00 bits per heavy atom. The zero-order valence-corrected chi connectivity index (χ0v) is 16.2. The summed E-state index contributed by atoms with van der Waals surface area (Å²) in [5.41, 5.74) is 5.91. The van der Waals surface area contributed by atoms with Crippen LogP contribution in [0.2, 0.25) is 0 Å². The summed E-state index contributed by atoms with van der Waals surface area (Å²) in [5, 5.41) is 6.41. The number of anilines is 1. The van der Waals surface area contributed by atoms with Crippen molar-refractivity contribution >= 4 is 17.4 Å². The second-order valence-electron chi connectivity index (χ2n) is 7.45. The zero-order valence-electron chi connectivity index (χ0n) is 16.2. The fourth-order valence-electron chi connectivity index (χ4n) is 4.17. The molecule has 1 aliphatic carbocycles. The number of aryl methyl sites for hydroxylation is 1. The van der Waals surface area contributed by atoms with E-state index in [-0.39, 0.29) is 17.6 Å². The van der Waals surface area contributed by atoms with Gasteiger partial charge in [0.05, 0.1) is 0 Å². The number of dihydropyridines is 1. The maximum Gasteiger partial charge on any atom is 0.254 e. The molecule has 1 amide bonds. The van der Waals surface area contributed by atoms with Gasteiger partial charge in [-0.1, -0.05) is 48.5 Å². The Labute approximate surface area is 165 Å². The molecule has 0 spiro atoms. The maximum atomic E-state index is 13.4. The third-order valence-corrected chi connectivity index (χ3v) is 5.55. The Balaban J connectivity index is 1.79. The summed E-state index contributed by atoms with van der Waals surface area (Å²) in [4.78, 5) is 26.2. The molecule has 0 aromatic heterocycles. The van der Waals surface area contributed by atoms with Crippen molar-refractivity contribution in [1.29, 1.82) is 0 Å². The van der Waals surface area contributed by atoms with Gasteiger partial charge in [0.15, 0.2) is 5.78 Å². The van der Waals surface area contributed by atoms with Crippen LogP contribution in [0.4, 0.5) is 5.69 Å². The number of carbonyl (C=O) groups excluding carboxylic acids is 2. The lowest BCUT2D eigenvalue weighted by molar-refractivity contribution is -0.116. The SMILES string of the molecule is CC1=C(C(=O)Nc2ccccc2C)C(c2ccccc2)C2=C(CCCC2=O)N1. The highest BCUT2D eigenvalue weighted by Crippen LogP contribution is 2.42. The highest BCUT2D eigenvalue weighted by molar-refractivity contribution is 6.10. The molecule has 4 nitrogen and oxygen atoms in total. The molecule has 2 aliphatic rings. The quantitative estimate of drug-likeness (QED) is 0.828. The van der Waals surface area contributed by atoms with Crippen LogP contribution in [0.1, 0.15) is 43.2 Å². The number of para-hydroxylation sites is 1. The lowest BCUT2D eigenvalue weighted by atomic mass is 9.75. The van der Waals surface area contributed by atoms with E-state index in [4.69, 9.17) is 0 Å². The molecule has 4 rings (SSSR count). The van der Waals surface area contributed by atoms with E-state index in [9.17, 15) is 9.59 Å². The van der Waals surface area contributed by atoms with Crippen LogP contribution in [0, 0.1) is 6.92 Å². The largest absolute Gasteiger partial charge is 0.362 e. The van der Waals surface area contributed by atoms with Crippen molar-refractivity contribution in [3.63, 3.8) is 0 Å². The van der Waals surface area contributed by atoms with Crippen molar-refractivity contribution in [2.24, 2.45) is 0 Å². The molecular formula is C24H24N2O2. The van der Waals surface area contributed by atoms with Gasteiger partial charge in [0.25, 0.3) is 5.91 Å². The number of Topliss-reactive ketones (excluding diaryl/α,β-unsaturated/α-hetero) is 1. The lowest BCUT2D eigenvalue weighted by Crippen LogP contribution is -2.35. The van der Waals surface area contributed by atoms with Gasteiger partial charge in [-0.3, -0.25) is 9.59 Å². The number of carbonyl (C=O) groups is 2. The van der Waals surface area contributed by atoms with Crippen molar-refractivity contribution in [3.8, 4) is 0 Å². The number of allylic oxidation sites excluding steroid dienone is 3. The average molecular weight is 372 g/mol. The molecule has 1 heterocycles. The van der Waals surface area contributed by atoms with E-state index in [0.717, 1.165) is 46.6 Å². The monoisotopic (exact) mass is 372 g/mol. The highest BCUT2D eigenvalue weighted by atomic mass is 16.2. The zero-order chi connectivity index (χ0) is 19.7. The van der Waals surface area contributed by atoms with Gasteiger partial charge in [-0.25, -0.2) is 0 Å². The Kier molecular flexibility index (Phi) is 4.86. The molecular weight excluding hydrogens is 348 g/mol. The first-order chi connectivity index (χ1) is 13.6. The molecule has 4 heteroatoms. The number of amides is 1. The van der Waals surface area contributed by atoms with Crippen molar-refractivity contribution < 1.29 is 9.59 Å². The molecule has 0 saturated heterocycles. The molecule has 0 saturated carbocycles. The summed E-state index contributed by atoms with van der Waals surface area (Å²) in [6.45, 7) is 3.89. The van der Waals surface area contributed by atoms with Crippen molar-refractivity contribution in [1.82, 2.24) is 5.32 Å². The van der Waals surface area contributed by atoms with E-state index in [1.165, 1.54) is 0 Å². The number of nitrogens with one attached hydrogen (secondary N) is 2. The van der Waals surface area contributed by atoms with Crippen LogP contribution in [0.5, 0.6) is 0 Å². The van der Waals surface area contributed by atoms with Gasteiger partial charge >= 0.3 is 0 Å².